The van der Waals surface area contributed by atoms with Gasteiger partial charge >= 0.3 is 5.97 Å². The van der Waals surface area contributed by atoms with Crippen LogP contribution in [0.4, 0.5) is 0 Å². The number of hydrogen-bond acceptors (Lipinski definition) is 3. The first kappa shape index (κ1) is 11.3. The molecule has 1 unspecified atom stereocenters. The lowest BCUT2D eigenvalue weighted by molar-refractivity contribution is 0.0690. The fourth-order valence-corrected chi connectivity index (χ4v) is 3.33. The van der Waals surface area contributed by atoms with Gasteiger partial charge in [0.25, 0.3) is 0 Å². The summed E-state index contributed by atoms with van der Waals surface area (Å²) in [6.07, 6.45) is 1.10. The number of nitrogens with one attached hydrogen (secondary N) is 1. The minimum atomic E-state index is -0.988. The smallest absolute Gasteiger partial charge is 0.353 e. The highest BCUT2D eigenvalue weighted by Gasteiger charge is 2.19. The molecule has 0 bridgehead atoms. The minimum absolute atomic E-state index is 0.117. The average Bonchev–Trinajstić information content (AvgIpc) is 2.91. The van der Waals surface area contributed by atoms with Crippen molar-refractivity contribution in [3.8, 4) is 11.3 Å². The third-order valence-electron chi connectivity index (χ3n) is 3.01. The molecular weight excluding hydrogens is 248 g/mol. The first-order valence-corrected chi connectivity index (χ1v) is 6.60. The summed E-state index contributed by atoms with van der Waals surface area (Å²) in [5.41, 5.74) is 3.12. The van der Waals surface area contributed by atoms with Crippen LogP contribution < -0.4 is 0 Å². The molecule has 0 radical (unpaired) electrons. The van der Waals surface area contributed by atoms with Crippen LogP contribution in [-0.4, -0.2) is 26.5 Å². The zero-order chi connectivity index (χ0) is 12.7. The molecule has 0 fully saturated rings. The molecule has 0 spiro atoms. The summed E-state index contributed by atoms with van der Waals surface area (Å²) in [7, 11) is 0. The lowest BCUT2D eigenvalue weighted by atomic mass is 10.1. The van der Waals surface area contributed by atoms with Crippen molar-refractivity contribution in [2.45, 2.75) is 23.5 Å². The molecular formula is C13H12N2O2S. The maximum atomic E-state index is 10.8. The molecule has 0 saturated heterocycles. The fraction of sp³-hybridized carbons (Fsp3) is 0.231. The predicted molar refractivity (Wildman–Crippen MR) is 70.0 cm³/mol. The number of benzene rings is 1. The molecule has 2 heterocycles. The van der Waals surface area contributed by atoms with Gasteiger partial charge in [0.1, 0.15) is 5.69 Å². The molecule has 18 heavy (non-hydrogen) atoms. The summed E-state index contributed by atoms with van der Waals surface area (Å²) in [5.74, 6) is -0.988. The molecule has 2 N–H and O–H groups in total. The van der Waals surface area contributed by atoms with Crippen molar-refractivity contribution in [3.05, 3.63) is 35.5 Å². The molecule has 0 saturated carbocycles. The van der Waals surface area contributed by atoms with Crippen LogP contribution in [-0.2, 0) is 6.42 Å². The molecule has 3 rings (SSSR count). The van der Waals surface area contributed by atoms with Gasteiger partial charge in [0.15, 0.2) is 0 Å². The van der Waals surface area contributed by atoms with Crippen LogP contribution in [0.1, 0.15) is 23.0 Å². The van der Waals surface area contributed by atoms with Crippen molar-refractivity contribution in [1.82, 2.24) is 10.2 Å². The Morgan fingerprint density at radius 1 is 1.50 bits per heavy atom. The molecule has 1 aromatic carbocycles. The minimum Gasteiger partial charge on any atom is -0.477 e. The van der Waals surface area contributed by atoms with Crippen molar-refractivity contribution in [3.63, 3.8) is 0 Å². The number of rotatable bonds is 2. The molecule has 92 valence electrons. The summed E-state index contributed by atoms with van der Waals surface area (Å²) in [6, 6.07) is 7.76. The van der Waals surface area contributed by atoms with E-state index < -0.39 is 5.97 Å². The monoisotopic (exact) mass is 260 g/mol. The Bertz CT molecular complexity index is 621. The van der Waals surface area contributed by atoms with Gasteiger partial charge in [-0.25, -0.2) is 4.79 Å². The Kier molecular flexibility index (Phi) is 2.63. The van der Waals surface area contributed by atoms with E-state index in [0.29, 0.717) is 10.9 Å². The van der Waals surface area contributed by atoms with Gasteiger partial charge in [-0.15, -0.1) is 11.8 Å². The Labute approximate surface area is 108 Å². The van der Waals surface area contributed by atoms with Crippen LogP contribution in [0, 0.1) is 0 Å². The summed E-state index contributed by atoms with van der Waals surface area (Å²) >= 11 is 1.86. The van der Waals surface area contributed by atoms with Crippen molar-refractivity contribution >= 4 is 17.7 Å². The fourth-order valence-electron chi connectivity index (χ4n) is 2.14. The first-order valence-electron chi connectivity index (χ1n) is 5.72. The Balaban J connectivity index is 1.97. The van der Waals surface area contributed by atoms with Gasteiger partial charge < -0.3 is 5.11 Å². The normalized spacial score (nSPS) is 17.7. The number of nitrogens with zero attached hydrogens (tertiary/aromatic N) is 1. The van der Waals surface area contributed by atoms with Gasteiger partial charge in [-0.1, -0.05) is 19.1 Å². The van der Waals surface area contributed by atoms with Gasteiger partial charge in [-0.2, -0.15) is 5.10 Å². The van der Waals surface area contributed by atoms with Crippen molar-refractivity contribution in [2.75, 3.05) is 0 Å². The number of aromatic nitrogens is 2. The zero-order valence-corrected chi connectivity index (χ0v) is 10.6. The highest BCUT2D eigenvalue weighted by Crippen LogP contribution is 2.38. The van der Waals surface area contributed by atoms with E-state index in [9.17, 15) is 4.79 Å². The average molecular weight is 260 g/mol. The number of thioether (sulfide) groups is 1. The third-order valence-corrected chi connectivity index (χ3v) is 4.21. The summed E-state index contributed by atoms with van der Waals surface area (Å²) in [4.78, 5) is 12.1. The number of carboxylic acids is 1. The number of carboxylic acid groups (broad SMARTS) is 1. The summed E-state index contributed by atoms with van der Waals surface area (Å²) in [6.45, 7) is 2.21. The molecule has 0 aliphatic carbocycles. The zero-order valence-electron chi connectivity index (χ0n) is 9.80. The highest BCUT2D eigenvalue weighted by molar-refractivity contribution is 8.00. The predicted octanol–water partition coefficient (Wildman–Crippen LogP) is 2.81. The van der Waals surface area contributed by atoms with Gasteiger partial charge in [0.05, 0.1) is 5.69 Å². The van der Waals surface area contributed by atoms with Crippen molar-refractivity contribution in [1.29, 1.82) is 0 Å². The maximum Gasteiger partial charge on any atom is 0.353 e. The Morgan fingerprint density at radius 3 is 3.06 bits per heavy atom. The molecule has 1 aromatic heterocycles. The number of fused-ring (bicyclic) bond motifs is 1. The van der Waals surface area contributed by atoms with Crippen LogP contribution in [0.15, 0.2) is 29.2 Å². The van der Waals surface area contributed by atoms with Crippen molar-refractivity contribution < 1.29 is 9.90 Å². The van der Waals surface area contributed by atoms with E-state index >= 15 is 0 Å². The molecule has 0 amide bonds. The van der Waals surface area contributed by atoms with E-state index in [1.807, 2.05) is 17.8 Å². The number of hydrogen-bond donors (Lipinski definition) is 2. The van der Waals surface area contributed by atoms with E-state index in [2.05, 4.69) is 29.3 Å². The molecule has 2 aromatic rings. The van der Waals surface area contributed by atoms with Crippen LogP contribution in [0.2, 0.25) is 0 Å². The highest BCUT2D eigenvalue weighted by atomic mass is 32.2. The second-order valence-corrected chi connectivity index (χ2v) is 5.91. The van der Waals surface area contributed by atoms with Crippen LogP contribution >= 0.6 is 11.8 Å². The second kappa shape index (κ2) is 4.17. The summed E-state index contributed by atoms with van der Waals surface area (Å²) < 4.78 is 0. The number of aromatic carboxylic acids is 1. The largest absolute Gasteiger partial charge is 0.477 e. The van der Waals surface area contributed by atoms with Gasteiger partial charge in [0.2, 0.25) is 0 Å². The number of aromatic amines is 1. The number of carbonyl (C=O) groups is 1. The van der Waals surface area contributed by atoms with E-state index in [4.69, 9.17) is 5.11 Å². The van der Waals surface area contributed by atoms with Crippen LogP contribution in [0.5, 0.6) is 0 Å². The van der Waals surface area contributed by atoms with Crippen molar-refractivity contribution in [2.24, 2.45) is 0 Å². The Morgan fingerprint density at radius 2 is 2.33 bits per heavy atom. The van der Waals surface area contributed by atoms with Gasteiger partial charge in [-0.05, 0) is 24.1 Å². The third kappa shape index (κ3) is 1.90. The standard InChI is InChI=1S/C13H12N2O2S/c1-7-4-9-3-2-8(5-12(9)18-7)10-6-11(13(16)17)15-14-10/h2-3,5-7H,4H2,1H3,(H,14,15)(H,16,17). The molecule has 1 aliphatic heterocycles. The lowest BCUT2D eigenvalue weighted by Gasteiger charge is -2.00. The van der Waals surface area contributed by atoms with Gasteiger partial charge in [-0.3, -0.25) is 5.10 Å². The van der Waals surface area contributed by atoms with E-state index in [-0.39, 0.29) is 5.69 Å². The van der Waals surface area contributed by atoms with E-state index in [1.165, 1.54) is 10.5 Å². The quantitative estimate of drug-likeness (QED) is 0.871. The Hall–Kier alpha value is -1.75. The molecule has 1 atom stereocenters. The molecule has 1 aliphatic rings. The van der Waals surface area contributed by atoms with Gasteiger partial charge in [0, 0.05) is 15.7 Å². The topological polar surface area (TPSA) is 66.0 Å². The SMILES string of the molecule is CC1Cc2ccc(-c3cc(C(=O)O)[nH]n3)cc2S1. The van der Waals surface area contributed by atoms with E-state index in [1.54, 1.807) is 6.07 Å². The van der Waals surface area contributed by atoms with Crippen LogP contribution in [0.25, 0.3) is 11.3 Å². The second-order valence-electron chi connectivity index (χ2n) is 4.43. The maximum absolute atomic E-state index is 10.8. The number of H-pyrrole nitrogens is 1. The molecule has 4 nitrogen and oxygen atoms in total. The molecule has 5 heteroatoms. The summed E-state index contributed by atoms with van der Waals surface area (Å²) in [5, 5.41) is 16.0. The van der Waals surface area contributed by atoms with E-state index in [0.717, 1.165) is 12.0 Å². The van der Waals surface area contributed by atoms with Crippen LogP contribution in [0.3, 0.4) is 0 Å². The lowest BCUT2D eigenvalue weighted by Crippen LogP contribution is -1.95. The first-order chi connectivity index (χ1) is 8.63.